The van der Waals surface area contributed by atoms with Crippen LogP contribution < -0.4 is 10.1 Å². The zero-order valence-electron chi connectivity index (χ0n) is 12.9. The Balaban J connectivity index is 1.90. The third kappa shape index (κ3) is 4.21. The molecule has 1 heterocycles. The van der Waals surface area contributed by atoms with Crippen LogP contribution in [-0.2, 0) is 16.1 Å². The second-order valence-electron chi connectivity index (χ2n) is 5.62. The Morgan fingerprint density at radius 1 is 1.45 bits per heavy atom. The second kappa shape index (κ2) is 7.26. The lowest BCUT2D eigenvalue weighted by atomic mass is 10.1. The molecule has 2 rings (SSSR count). The van der Waals surface area contributed by atoms with Gasteiger partial charge in [-0.1, -0.05) is 12.1 Å². The van der Waals surface area contributed by atoms with Gasteiger partial charge >= 0.3 is 0 Å². The number of benzene rings is 1. The van der Waals surface area contributed by atoms with Gasteiger partial charge in [-0.25, -0.2) is 0 Å². The van der Waals surface area contributed by atoms with Gasteiger partial charge in [0.15, 0.2) is 0 Å². The summed E-state index contributed by atoms with van der Waals surface area (Å²) >= 11 is 0. The number of aliphatic hydroxyl groups is 1. The molecule has 1 aliphatic rings. The molecule has 1 aliphatic heterocycles. The number of nitrogens with zero attached hydrogens (tertiary/aromatic N) is 1. The van der Waals surface area contributed by atoms with Crippen molar-refractivity contribution in [2.24, 2.45) is 5.92 Å². The minimum atomic E-state index is -0.587. The molecule has 1 aromatic rings. The lowest BCUT2D eigenvalue weighted by molar-refractivity contribution is -0.129. The molecule has 0 spiro atoms. The molecule has 2 atom stereocenters. The van der Waals surface area contributed by atoms with Crippen LogP contribution in [0.15, 0.2) is 24.3 Å². The molecule has 1 aromatic carbocycles. The van der Waals surface area contributed by atoms with Gasteiger partial charge < -0.3 is 20.1 Å². The summed E-state index contributed by atoms with van der Waals surface area (Å²) in [5.74, 6) is 0.232. The lowest BCUT2D eigenvalue weighted by Crippen LogP contribution is -2.36. The predicted molar refractivity (Wildman–Crippen MR) is 81.2 cm³/mol. The van der Waals surface area contributed by atoms with Gasteiger partial charge in [0.1, 0.15) is 5.75 Å². The number of carbonyl (C=O) groups is 2. The number of methoxy groups -OCH3 is 1. The smallest absolute Gasteiger partial charge is 0.225 e. The summed E-state index contributed by atoms with van der Waals surface area (Å²) in [7, 11) is 1.61. The summed E-state index contributed by atoms with van der Waals surface area (Å²) in [6, 6.07) is 7.52. The fourth-order valence-corrected chi connectivity index (χ4v) is 2.44. The Kier molecular flexibility index (Phi) is 5.38. The largest absolute Gasteiger partial charge is 0.497 e. The van der Waals surface area contributed by atoms with Crippen LogP contribution in [0.25, 0.3) is 0 Å². The average molecular weight is 306 g/mol. The Morgan fingerprint density at radius 2 is 2.14 bits per heavy atom. The van der Waals surface area contributed by atoms with E-state index in [0.29, 0.717) is 13.1 Å². The first-order valence-electron chi connectivity index (χ1n) is 7.36. The third-order valence-electron chi connectivity index (χ3n) is 3.69. The zero-order valence-corrected chi connectivity index (χ0v) is 12.9. The molecule has 2 N–H and O–H groups in total. The van der Waals surface area contributed by atoms with E-state index in [1.807, 2.05) is 24.3 Å². The van der Waals surface area contributed by atoms with Crippen LogP contribution in [0.4, 0.5) is 0 Å². The van der Waals surface area contributed by atoms with Crippen LogP contribution in [-0.4, -0.2) is 48.1 Å². The molecule has 6 heteroatoms. The van der Waals surface area contributed by atoms with E-state index in [1.165, 1.54) is 0 Å². The molecular weight excluding hydrogens is 284 g/mol. The lowest BCUT2D eigenvalue weighted by Gasteiger charge is -2.17. The van der Waals surface area contributed by atoms with Gasteiger partial charge in [-0.15, -0.1) is 0 Å². The van der Waals surface area contributed by atoms with Crippen molar-refractivity contribution in [2.45, 2.75) is 26.0 Å². The zero-order chi connectivity index (χ0) is 16.1. The molecule has 0 radical (unpaired) electrons. The van der Waals surface area contributed by atoms with Crippen molar-refractivity contribution < 1.29 is 19.4 Å². The second-order valence-corrected chi connectivity index (χ2v) is 5.62. The fourth-order valence-electron chi connectivity index (χ4n) is 2.44. The SMILES string of the molecule is COc1ccc(CN2CC(C(=O)NCC(C)O)CC2=O)cc1. The standard InChI is InChI=1S/C16H22N2O4/c1-11(19)8-17-16(21)13-7-15(20)18(10-13)9-12-3-5-14(22-2)6-4-12/h3-6,11,13,19H,7-10H2,1-2H3,(H,17,21). The summed E-state index contributed by atoms with van der Waals surface area (Å²) in [6.45, 7) is 2.72. The molecule has 1 saturated heterocycles. The summed E-state index contributed by atoms with van der Waals surface area (Å²) in [5.41, 5.74) is 0.999. The van der Waals surface area contributed by atoms with Gasteiger partial charge in [0.05, 0.1) is 19.1 Å². The third-order valence-corrected chi connectivity index (χ3v) is 3.69. The molecule has 2 amide bonds. The van der Waals surface area contributed by atoms with E-state index >= 15 is 0 Å². The van der Waals surface area contributed by atoms with Crippen LogP contribution in [0.5, 0.6) is 5.75 Å². The number of carbonyl (C=O) groups excluding carboxylic acids is 2. The van der Waals surface area contributed by atoms with Gasteiger partial charge in [-0.05, 0) is 24.6 Å². The molecule has 22 heavy (non-hydrogen) atoms. The van der Waals surface area contributed by atoms with Gasteiger partial charge in [-0.3, -0.25) is 9.59 Å². The van der Waals surface area contributed by atoms with Crippen molar-refractivity contribution in [3.05, 3.63) is 29.8 Å². The number of ether oxygens (including phenoxy) is 1. The number of amides is 2. The van der Waals surface area contributed by atoms with Gasteiger partial charge in [0, 0.05) is 26.1 Å². The van der Waals surface area contributed by atoms with E-state index in [4.69, 9.17) is 4.74 Å². The molecule has 0 saturated carbocycles. The van der Waals surface area contributed by atoms with Crippen LogP contribution in [0.3, 0.4) is 0 Å². The van der Waals surface area contributed by atoms with Crippen LogP contribution in [0.2, 0.25) is 0 Å². The highest BCUT2D eigenvalue weighted by Crippen LogP contribution is 2.21. The summed E-state index contributed by atoms with van der Waals surface area (Å²) < 4.78 is 5.10. The number of hydrogen-bond acceptors (Lipinski definition) is 4. The van der Waals surface area contributed by atoms with Crippen molar-refractivity contribution in [2.75, 3.05) is 20.2 Å². The number of likely N-dealkylation sites (tertiary alicyclic amines) is 1. The maximum absolute atomic E-state index is 12.0. The van der Waals surface area contributed by atoms with Crippen molar-refractivity contribution >= 4 is 11.8 Å². The molecule has 6 nitrogen and oxygen atoms in total. The number of aliphatic hydroxyl groups excluding tert-OH is 1. The summed E-state index contributed by atoms with van der Waals surface area (Å²) in [5, 5.41) is 11.8. The molecule has 0 aromatic heterocycles. The maximum Gasteiger partial charge on any atom is 0.225 e. The predicted octanol–water partition coefficient (Wildman–Crippen LogP) is 0.541. The minimum absolute atomic E-state index is 0.0204. The Labute approximate surface area is 130 Å². The van der Waals surface area contributed by atoms with Crippen LogP contribution in [0.1, 0.15) is 18.9 Å². The number of rotatable bonds is 6. The van der Waals surface area contributed by atoms with Crippen molar-refractivity contribution in [1.29, 1.82) is 0 Å². The number of nitrogens with one attached hydrogen (secondary N) is 1. The summed E-state index contributed by atoms with van der Waals surface area (Å²) in [4.78, 5) is 25.7. The van der Waals surface area contributed by atoms with Gasteiger partial charge in [0.2, 0.25) is 11.8 Å². The van der Waals surface area contributed by atoms with E-state index < -0.39 is 6.10 Å². The highest BCUT2D eigenvalue weighted by atomic mass is 16.5. The van der Waals surface area contributed by atoms with Crippen LogP contribution >= 0.6 is 0 Å². The average Bonchev–Trinajstić information content (AvgIpc) is 2.86. The molecule has 120 valence electrons. The van der Waals surface area contributed by atoms with Crippen molar-refractivity contribution in [3.63, 3.8) is 0 Å². The van der Waals surface area contributed by atoms with E-state index in [2.05, 4.69) is 5.32 Å². The molecule has 1 fully saturated rings. The van der Waals surface area contributed by atoms with E-state index in [9.17, 15) is 14.7 Å². The number of hydrogen-bond donors (Lipinski definition) is 2. The molecular formula is C16H22N2O4. The summed E-state index contributed by atoms with van der Waals surface area (Å²) in [6.07, 6.45) is -0.363. The fraction of sp³-hybridized carbons (Fsp3) is 0.500. The minimum Gasteiger partial charge on any atom is -0.497 e. The van der Waals surface area contributed by atoms with Gasteiger partial charge in [0.25, 0.3) is 0 Å². The van der Waals surface area contributed by atoms with E-state index in [0.717, 1.165) is 11.3 Å². The highest BCUT2D eigenvalue weighted by Gasteiger charge is 2.34. The highest BCUT2D eigenvalue weighted by molar-refractivity contribution is 5.89. The molecule has 0 bridgehead atoms. The first kappa shape index (κ1) is 16.3. The quantitative estimate of drug-likeness (QED) is 0.804. The first-order valence-corrected chi connectivity index (χ1v) is 7.36. The Hall–Kier alpha value is -2.08. The maximum atomic E-state index is 12.0. The topological polar surface area (TPSA) is 78.9 Å². The van der Waals surface area contributed by atoms with Crippen LogP contribution in [0, 0.1) is 5.92 Å². The van der Waals surface area contributed by atoms with Crippen molar-refractivity contribution in [1.82, 2.24) is 10.2 Å². The monoisotopic (exact) mass is 306 g/mol. The van der Waals surface area contributed by atoms with Gasteiger partial charge in [-0.2, -0.15) is 0 Å². The van der Waals surface area contributed by atoms with E-state index in [-0.39, 0.29) is 30.7 Å². The normalized spacial score (nSPS) is 19.1. The first-order chi connectivity index (χ1) is 10.5. The molecule has 0 aliphatic carbocycles. The van der Waals surface area contributed by atoms with Crippen molar-refractivity contribution in [3.8, 4) is 5.75 Å². The van der Waals surface area contributed by atoms with E-state index in [1.54, 1.807) is 18.9 Å². The Morgan fingerprint density at radius 3 is 2.73 bits per heavy atom. The Bertz CT molecular complexity index is 527. The molecule has 2 unspecified atom stereocenters.